The monoisotopic (exact) mass is 260 g/mol. The molecule has 1 aliphatic heterocycles. The normalized spacial score (nSPS) is 25.2. The molecule has 19 heavy (non-hydrogen) atoms. The lowest BCUT2D eigenvalue weighted by Crippen LogP contribution is -2.61. The molecule has 0 radical (unpaired) electrons. The van der Waals surface area contributed by atoms with E-state index in [1.807, 2.05) is 38.1 Å². The molecule has 0 bridgehead atoms. The van der Waals surface area contributed by atoms with Crippen LogP contribution in [0.3, 0.4) is 0 Å². The third-order valence-electron chi connectivity index (χ3n) is 3.84. The number of amides is 2. The molecule has 102 valence electrons. The highest BCUT2D eigenvalue weighted by molar-refractivity contribution is 5.96. The van der Waals surface area contributed by atoms with E-state index in [2.05, 4.69) is 5.32 Å². The van der Waals surface area contributed by atoms with Crippen LogP contribution in [0.25, 0.3) is 0 Å². The van der Waals surface area contributed by atoms with E-state index in [1.54, 1.807) is 18.7 Å². The van der Waals surface area contributed by atoms with E-state index >= 15 is 0 Å². The van der Waals surface area contributed by atoms with Crippen molar-refractivity contribution in [1.29, 1.82) is 0 Å². The predicted molar refractivity (Wildman–Crippen MR) is 73.5 cm³/mol. The fourth-order valence-corrected chi connectivity index (χ4v) is 2.67. The number of carbonyl (C=O) groups excluding carboxylic acids is 2. The minimum absolute atomic E-state index is 0.0251. The lowest BCUT2D eigenvalue weighted by Gasteiger charge is -2.40. The van der Waals surface area contributed by atoms with Gasteiger partial charge in [0.05, 0.1) is 6.04 Å². The van der Waals surface area contributed by atoms with Crippen LogP contribution in [0.5, 0.6) is 0 Å². The zero-order valence-electron chi connectivity index (χ0n) is 11.8. The van der Waals surface area contributed by atoms with Crippen molar-refractivity contribution in [2.24, 2.45) is 0 Å². The largest absolute Gasteiger partial charge is 0.343 e. The van der Waals surface area contributed by atoms with Crippen molar-refractivity contribution in [3.63, 3.8) is 0 Å². The summed E-state index contributed by atoms with van der Waals surface area (Å²) in [6.07, 6.45) is 0. The summed E-state index contributed by atoms with van der Waals surface area (Å²) in [5.74, 6) is -0.115. The van der Waals surface area contributed by atoms with Gasteiger partial charge in [0.1, 0.15) is 12.1 Å². The number of aryl methyl sites for hydroxylation is 1. The van der Waals surface area contributed by atoms with Crippen LogP contribution in [0.1, 0.15) is 37.9 Å². The van der Waals surface area contributed by atoms with Crippen LogP contribution in [-0.4, -0.2) is 28.8 Å². The van der Waals surface area contributed by atoms with Gasteiger partial charge in [-0.15, -0.1) is 0 Å². The quantitative estimate of drug-likeness (QED) is 0.881. The summed E-state index contributed by atoms with van der Waals surface area (Å²) in [5, 5.41) is 2.70. The van der Waals surface area contributed by atoms with Gasteiger partial charge in [-0.2, -0.15) is 0 Å². The highest BCUT2D eigenvalue weighted by atomic mass is 16.2. The molecule has 0 aliphatic carbocycles. The summed E-state index contributed by atoms with van der Waals surface area (Å²) >= 11 is 0. The van der Waals surface area contributed by atoms with Crippen LogP contribution in [0.15, 0.2) is 24.3 Å². The third kappa shape index (κ3) is 2.35. The fourth-order valence-electron chi connectivity index (χ4n) is 2.67. The molecular weight excluding hydrogens is 240 g/mol. The number of nitrogens with zero attached hydrogens (tertiary/aromatic N) is 1. The van der Waals surface area contributed by atoms with Gasteiger partial charge in [0.25, 0.3) is 0 Å². The molecule has 1 saturated heterocycles. The summed E-state index contributed by atoms with van der Waals surface area (Å²) in [5.41, 5.74) is 2.22. The maximum Gasteiger partial charge on any atom is 0.246 e. The van der Waals surface area contributed by atoms with Gasteiger partial charge in [-0.25, -0.2) is 0 Å². The first kappa shape index (κ1) is 13.6. The Labute approximate surface area is 113 Å². The van der Waals surface area contributed by atoms with Crippen molar-refractivity contribution in [3.8, 4) is 0 Å². The van der Waals surface area contributed by atoms with Crippen LogP contribution in [0.2, 0.25) is 0 Å². The van der Waals surface area contributed by atoms with Crippen LogP contribution < -0.4 is 5.32 Å². The van der Waals surface area contributed by atoms with Crippen molar-refractivity contribution in [2.75, 3.05) is 0 Å². The van der Waals surface area contributed by atoms with Crippen LogP contribution in [0.4, 0.5) is 0 Å². The Morgan fingerprint density at radius 2 is 1.84 bits per heavy atom. The Balaban J connectivity index is 2.36. The van der Waals surface area contributed by atoms with E-state index < -0.39 is 12.1 Å². The molecule has 0 aromatic heterocycles. The smallest absolute Gasteiger partial charge is 0.246 e. The number of nitrogens with one attached hydrogen (secondary N) is 1. The third-order valence-corrected chi connectivity index (χ3v) is 3.84. The molecule has 1 aromatic rings. The van der Waals surface area contributed by atoms with Gasteiger partial charge in [0.15, 0.2) is 0 Å². The summed E-state index contributed by atoms with van der Waals surface area (Å²) in [7, 11) is 0. The number of carbonyl (C=O) groups is 2. The predicted octanol–water partition coefficient (Wildman–Crippen LogP) is 1.79. The first-order valence-corrected chi connectivity index (χ1v) is 6.61. The molecule has 1 N–H and O–H groups in total. The highest BCUT2D eigenvalue weighted by Crippen LogP contribution is 2.27. The molecule has 2 rings (SSSR count). The molecule has 3 unspecified atom stereocenters. The molecular formula is C15H20N2O2. The first-order chi connectivity index (χ1) is 8.93. The Bertz CT molecular complexity index is 513. The van der Waals surface area contributed by atoms with Gasteiger partial charge in [-0.05, 0) is 38.8 Å². The van der Waals surface area contributed by atoms with E-state index in [0.29, 0.717) is 0 Å². The lowest BCUT2D eigenvalue weighted by molar-refractivity contribution is -0.150. The summed E-state index contributed by atoms with van der Waals surface area (Å²) in [6, 6.07) is 6.99. The Kier molecular flexibility index (Phi) is 3.60. The molecule has 0 saturated carbocycles. The lowest BCUT2D eigenvalue weighted by atomic mass is 9.98. The molecule has 1 heterocycles. The highest BCUT2D eigenvalue weighted by Gasteiger charge is 2.38. The van der Waals surface area contributed by atoms with Gasteiger partial charge in [0, 0.05) is 0 Å². The fraction of sp³-hybridized carbons (Fsp3) is 0.467. The Morgan fingerprint density at radius 3 is 2.47 bits per heavy atom. The summed E-state index contributed by atoms with van der Waals surface area (Å²) in [4.78, 5) is 25.9. The van der Waals surface area contributed by atoms with Gasteiger partial charge in [-0.1, -0.05) is 24.3 Å². The Morgan fingerprint density at radius 1 is 1.21 bits per heavy atom. The van der Waals surface area contributed by atoms with Crippen molar-refractivity contribution in [1.82, 2.24) is 10.2 Å². The van der Waals surface area contributed by atoms with Gasteiger partial charge in [0.2, 0.25) is 11.8 Å². The average molecular weight is 260 g/mol. The number of rotatable bonds is 2. The molecule has 4 heteroatoms. The minimum atomic E-state index is -0.449. The van der Waals surface area contributed by atoms with Crippen molar-refractivity contribution < 1.29 is 9.59 Å². The summed E-state index contributed by atoms with van der Waals surface area (Å²) in [6.45, 7) is 7.49. The van der Waals surface area contributed by atoms with Crippen LogP contribution >= 0.6 is 0 Å². The maximum absolute atomic E-state index is 12.3. The molecule has 3 atom stereocenters. The standard InChI is InChI=1S/C15H20N2O2/c1-9-7-5-6-8-13(9)11(3)17-12(4)14(18)16-10(2)15(17)19/h5-8,10-12H,1-4H3,(H,16,18). The SMILES string of the molecule is Cc1ccccc1C(C)N1C(=O)C(C)NC(=O)C1C. The second-order valence-corrected chi connectivity index (χ2v) is 5.18. The van der Waals surface area contributed by atoms with Gasteiger partial charge >= 0.3 is 0 Å². The molecule has 4 nitrogen and oxygen atoms in total. The second kappa shape index (κ2) is 5.03. The molecule has 1 aromatic carbocycles. The topological polar surface area (TPSA) is 49.4 Å². The number of piperazine rings is 1. The maximum atomic E-state index is 12.3. The summed E-state index contributed by atoms with van der Waals surface area (Å²) < 4.78 is 0. The van der Waals surface area contributed by atoms with E-state index in [4.69, 9.17) is 0 Å². The van der Waals surface area contributed by atoms with Crippen molar-refractivity contribution in [3.05, 3.63) is 35.4 Å². The number of benzene rings is 1. The molecule has 1 aliphatic rings. The van der Waals surface area contributed by atoms with Gasteiger partial charge < -0.3 is 10.2 Å². The zero-order chi connectivity index (χ0) is 14.2. The van der Waals surface area contributed by atoms with Gasteiger partial charge in [-0.3, -0.25) is 9.59 Å². The molecule has 0 spiro atoms. The first-order valence-electron chi connectivity index (χ1n) is 6.61. The average Bonchev–Trinajstić information content (AvgIpc) is 2.37. The number of hydrogen-bond acceptors (Lipinski definition) is 2. The van der Waals surface area contributed by atoms with E-state index in [0.717, 1.165) is 11.1 Å². The second-order valence-electron chi connectivity index (χ2n) is 5.18. The Hall–Kier alpha value is -1.84. The minimum Gasteiger partial charge on any atom is -0.343 e. The zero-order valence-corrected chi connectivity index (χ0v) is 11.8. The van der Waals surface area contributed by atoms with E-state index in [-0.39, 0.29) is 17.9 Å². The van der Waals surface area contributed by atoms with Crippen molar-refractivity contribution in [2.45, 2.75) is 45.8 Å². The molecule has 2 amide bonds. The van der Waals surface area contributed by atoms with E-state index in [9.17, 15) is 9.59 Å². The van der Waals surface area contributed by atoms with Crippen molar-refractivity contribution >= 4 is 11.8 Å². The van der Waals surface area contributed by atoms with Crippen LogP contribution in [0, 0.1) is 6.92 Å². The molecule has 1 fully saturated rings. The van der Waals surface area contributed by atoms with Crippen LogP contribution in [-0.2, 0) is 9.59 Å². The van der Waals surface area contributed by atoms with E-state index in [1.165, 1.54) is 0 Å². The number of hydrogen-bond donors (Lipinski definition) is 1.